The number of nitrogen functional groups attached to an aromatic ring is 1. The molecule has 138 valence electrons. The van der Waals surface area contributed by atoms with Crippen molar-refractivity contribution in [3.63, 3.8) is 0 Å². The number of hydrogen-bond donors (Lipinski definition) is 1. The predicted octanol–water partition coefficient (Wildman–Crippen LogP) is 4.85. The Morgan fingerprint density at radius 3 is 2.58 bits per heavy atom. The molecule has 0 saturated carbocycles. The highest BCUT2D eigenvalue weighted by Crippen LogP contribution is 2.27. The minimum atomic E-state index is -0.458. The molecule has 0 unspecified atom stereocenters. The summed E-state index contributed by atoms with van der Waals surface area (Å²) < 4.78 is 5.49. The normalized spacial score (nSPS) is 14.0. The lowest BCUT2D eigenvalue weighted by Gasteiger charge is -2.31. The molecule has 0 aliphatic carbocycles. The molecule has 0 saturated heterocycles. The van der Waals surface area contributed by atoms with Gasteiger partial charge in [0, 0.05) is 29.4 Å². The highest BCUT2D eigenvalue weighted by atomic mass is 32.2. The summed E-state index contributed by atoms with van der Waals surface area (Å²) in [6, 6.07) is 14.5. The van der Waals surface area contributed by atoms with Crippen LogP contribution in [0.5, 0.6) is 0 Å². The Morgan fingerprint density at radius 1 is 1.15 bits per heavy atom. The van der Waals surface area contributed by atoms with Crippen molar-refractivity contribution >= 4 is 23.5 Å². The molecule has 0 fully saturated rings. The van der Waals surface area contributed by atoms with Crippen LogP contribution < -0.4 is 5.73 Å². The van der Waals surface area contributed by atoms with Crippen molar-refractivity contribution in [1.29, 1.82) is 0 Å². The molecule has 4 nitrogen and oxygen atoms in total. The lowest BCUT2D eigenvalue weighted by atomic mass is 9.98. The summed E-state index contributed by atoms with van der Waals surface area (Å²) in [5.74, 6) is 0.924. The van der Waals surface area contributed by atoms with Gasteiger partial charge in [-0.3, -0.25) is 0 Å². The van der Waals surface area contributed by atoms with Gasteiger partial charge in [0.25, 0.3) is 0 Å². The number of amides is 1. The summed E-state index contributed by atoms with van der Waals surface area (Å²) in [6.45, 7) is 7.02. The van der Waals surface area contributed by atoms with E-state index in [1.54, 1.807) is 16.7 Å². The number of benzene rings is 2. The van der Waals surface area contributed by atoms with Gasteiger partial charge >= 0.3 is 6.09 Å². The maximum atomic E-state index is 12.3. The molecule has 26 heavy (non-hydrogen) atoms. The summed E-state index contributed by atoms with van der Waals surface area (Å²) >= 11 is 1.80. The van der Waals surface area contributed by atoms with Gasteiger partial charge < -0.3 is 15.4 Å². The number of carbonyl (C=O) groups is 1. The number of hydrogen-bond acceptors (Lipinski definition) is 4. The quantitative estimate of drug-likeness (QED) is 0.619. The van der Waals surface area contributed by atoms with Crippen LogP contribution in [-0.2, 0) is 23.5 Å². The lowest BCUT2D eigenvalue weighted by molar-refractivity contribution is 0.0224. The first-order chi connectivity index (χ1) is 12.3. The fourth-order valence-electron chi connectivity index (χ4n) is 2.91. The van der Waals surface area contributed by atoms with Gasteiger partial charge in [-0.25, -0.2) is 4.79 Å². The molecular formula is C21H26N2O2S. The molecule has 1 heterocycles. The van der Waals surface area contributed by atoms with E-state index in [0.717, 1.165) is 17.9 Å². The largest absolute Gasteiger partial charge is 0.444 e. The van der Waals surface area contributed by atoms with E-state index in [1.807, 2.05) is 32.9 Å². The second-order valence-corrected chi connectivity index (χ2v) is 8.66. The zero-order chi connectivity index (χ0) is 18.7. The molecule has 0 atom stereocenters. The Bertz CT molecular complexity index is 782. The third-order valence-corrected chi connectivity index (χ3v) is 5.30. The molecule has 1 aliphatic heterocycles. The molecule has 1 aliphatic rings. The second kappa shape index (κ2) is 7.62. The Morgan fingerprint density at radius 2 is 1.88 bits per heavy atom. The summed E-state index contributed by atoms with van der Waals surface area (Å²) in [7, 11) is 0. The highest BCUT2D eigenvalue weighted by molar-refractivity contribution is 7.98. The van der Waals surface area contributed by atoms with Crippen molar-refractivity contribution < 1.29 is 9.53 Å². The topological polar surface area (TPSA) is 55.6 Å². The lowest BCUT2D eigenvalue weighted by Crippen LogP contribution is -2.39. The summed E-state index contributed by atoms with van der Waals surface area (Å²) in [5, 5.41) is 0. The van der Waals surface area contributed by atoms with Gasteiger partial charge in [0.15, 0.2) is 0 Å². The van der Waals surface area contributed by atoms with E-state index in [0.29, 0.717) is 13.1 Å². The fraction of sp³-hybridized carbons (Fsp3) is 0.381. The van der Waals surface area contributed by atoms with E-state index >= 15 is 0 Å². The Kier molecular flexibility index (Phi) is 5.47. The average molecular weight is 371 g/mol. The first-order valence-electron chi connectivity index (χ1n) is 8.87. The van der Waals surface area contributed by atoms with Gasteiger partial charge in [0.05, 0.1) is 0 Å². The molecule has 0 aromatic heterocycles. The van der Waals surface area contributed by atoms with Crippen LogP contribution in [0, 0.1) is 0 Å². The number of ether oxygens (including phenoxy) is 1. The monoisotopic (exact) mass is 370 g/mol. The van der Waals surface area contributed by atoms with Crippen LogP contribution in [0.3, 0.4) is 0 Å². The Hall–Kier alpha value is -2.14. The molecular weight excluding hydrogens is 344 g/mol. The van der Waals surface area contributed by atoms with Gasteiger partial charge in [-0.15, -0.1) is 11.8 Å². The summed E-state index contributed by atoms with van der Waals surface area (Å²) in [5.41, 5.74) is 9.91. The fourth-order valence-corrected chi connectivity index (χ4v) is 3.75. The molecule has 2 aromatic rings. The number of thioether (sulfide) groups is 1. The number of rotatable bonds is 3. The van der Waals surface area contributed by atoms with E-state index < -0.39 is 5.60 Å². The van der Waals surface area contributed by atoms with E-state index in [2.05, 4.69) is 30.3 Å². The van der Waals surface area contributed by atoms with Gasteiger partial charge in [0.2, 0.25) is 0 Å². The number of nitrogens with two attached hydrogens (primary N) is 1. The molecule has 2 N–H and O–H groups in total. The molecule has 0 spiro atoms. The smallest absolute Gasteiger partial charge is 0.410 e. The second-order valence-electron chi connectivity index (χ2n) is 7.61. The average Bonchev–Trinajstić information content (AvgIpc) is 2.59. The van der Waals surface area contributed by atoms with Crippen LogP contribution in [0.15, 0.2) is 47.4 Å². The third kappa shape index (κ3) is 4.94. The number of nitrogens with zero attached hydrogens (tertiary/aromatic N) is 1. The van der Waals surface area contributed by atoms with Crippen molar-refractivity contribution in [1.82, 2.24) is 4.90 Å². The Balaban J connectivity index is 1.61. The van der Waals surface area contributed by atoms with Crippen molar-refractivity contribution in [2.45, 2.75) is 50.0 Å². The molecule has 3 rings (SSSR count). The number of carbonyl (C=O) groups excluding carboxylic acids is 1. The van der Waals surface area contributed by atoms with Gasteiger partial charge in [-0.1, -0.05) is 18.2 Å². The van der Waals surface area contributed by atoms with E-state index in [9.17, 15) is 4.79 Å². The minimum absolute atomic E-state index is 0.230. The van der Waals surface area contributed by atoms with Gasteiger partial charge in [-0.05, 0) is 68.1 Å². The maximum Gasteiger partial charge on any atom is 0.410 e. The maximum absolute atomic E-state index is 12.3. The SMILES string of the molecule is CC(C)(C)OC(=O)N1CCc2cc(CSc3ccc(N)cc3)ccc2C1. The zero-order valence-electron chi connectivity index (χ0n) is 15.6. The zero-order valence-corrected chi connectivity index (χ0v) is 16.4. The van der Waals surface area contributed by atoms with Crippen molar-refractivity contribution in [3.05, 3.63) is 59.2 Å². The predicted molar refractivity (Wildman–Crippen MR) is 107 cm³/mol. The van der Waals surface area contributed by atoms with Crippen LogP contribution in [-0.4, -0.2) is 23.1 Å². The van der Waals surface area contributed by atoms with E-state index in [1.165, 1.54) is 21.6 Å². The standard InChI is InChI=1S/C21H26N2O2S/c1-21(2,3)25-20(24)23-11-10-16-12-15(4-5-17(16)13-23)14-26-19-8-6-18(22)7-9-19/h4-9,12H,10-11,13-14,22H2,1-3H3. The Labute approximate surface area is 159 Å². The first kappa shape index (κ1) is 18.6. The minimum Gasteiger partial charge on any atom is -0.444 e. The number of fused-ring (bicyclic) bond motifs is 1. The molecule has 1 amide bonds. The summed E-state index contributed by atoms with van der Waals surface area (Å²) in [6.07, 6.45) is 0.640. The van der Waals surface area contributed by atoms with Crippen molar-refractivity contribution in [2.24, 2.45) is 0 Å². The molecule has 5 heteroatoms. The van der Waals surface area contributed by atoms with E-state index in [4.69, 9.17) is 10.5 Å². The van der Waals surface area contributed by atoms with E-state index in [-0.39, 0.29) is 6.09 Å². The van der Waals surface area contributed by atoms with Crippen molar-refractivity contribution in [3.8, 4) is 0 Å². The van der Waals surface area contributed by atoms with Crippen LogP contribution >= 0.6 is 11.8 Å². The molecule has 2 aromatic carbocycles. The molecule has 0 bridgehead atoms. The van der Waals surface area contributed by atoms with Crippen LogP contribution in [0.2, 0.25) is 0 Å². The third-order valence-electron chi connectivity index (χ3n) is 4.22. The van der Waals surface area contributed by atoms with Crippen LogP contribution in [0.4, 0.5) is 10.5 Å². The summed E-state index contributed by atoms with van der Waals surface area (Å²) in [4.78, 5) is 15.3. The van der Waals surface area contributed by atoms with Crippen LogP contribution in [0.1, 0.15) is 37.5 Å². The first-order valence-corrected chi connectivity index (χ1v) is 9.86. The van der Waals surface area contributed by atoms with Gasteiger partial charge in [-0.2, -0.15) is 0 Å². The van der Waals surface area contributed by atoms with Crippen molar-refractivity contribution in [2.75, 3.05) is 12.3 Å². The number of anilines is 1. The van der Waals surface area contributed by atoms with Crippen LogP contribution in [0.25, 0.3) is 0 Å². The highest BCUT2D eigenvalue weighted by Gasteiger charge is 2.25. The van der Waals surface area contributed by atoms with Gasteiger partial charge in [0.1, 0.15) is 5.60 Å². The molecule has 0 radical (unpaired) electrons.